The van der Waals surface area contributed by atoms with E-state index in [9.17, 15) is 9.90 Å². The summed E-state index contributed by atoms with van der Waals surface area (Å²) in [4.78, 5) is 20.8. The third kappa shape index (κ3) is 4.85. The first-order chi connectivity index (χ1) is 13.6. The van der Waals surface area contributed by atoms with E-state index in [4.69, 9.17) is 16.0 Å². The van der Waals surface area contributed by atoms with Crippen LogP contribution in [0.4, 0.5) is 0 Å². The number of amides is 1. The van der Waals surface area contributed by atoms with Crippen LogP contribution >= 0.6 is 11.6 Å². The minimum absolute atomic E-state index is 0.0965. The number of hydrogen-bond acceptors (Lipinski definition) is 4. The van der Waals surface area contributed by atoms with E-state index in [0.29, 0.717) is 49.1 Å². The molecule has 0 aliphatic carbocycles. The van der Waals surface area contributed by atoms with Crippen LogP contribution in [-0.2, 0) is 0 Å². The highest BCUT2D eigenvalue weighted by molar-refractivity contribution is 6.31. The van der Waals surface area contributed by atoms with Crippen molar-refractivity contribution in [1.29, 1.82) is 0 Å². The maximum atomic E-state index is 12.4. The highest BCUT2D eigenvalue weighted by Gasteiger charge is 2.25. The van der Waals surface area contributed by atoms with Crippen molar-refractivity contribution >= 4 is 23.5 Å². The summed E-state index contributed by atoms with van der Waals surface area (Å²) in [6, 6.07) is 10.6. The Morgan fingerprint density at radius 1 is 1.21 bits per heavy atom. The Balaban J connectivity index is 1.60. The average Bonchev–Trinajstić information content (AvgIpc) is 3.26. The van der Waals surface area contributed by atoms with Crippen LogP contribution in [0.1, 0.15) is 29.1 Å². The first-order valence-electron chi connectivity index (χ1n) is 9.38. The number of piperazine rings is 1. The lowest BCUT2D eigenvalue weighted by Crippen LogP contribution is -2.53. The molecule has 8 heteroatoms. The molecule has 28 heavy (non-hydrogen) atoms. The standard InChI is InChI=1S/C20H25ClN4O3/c1-2-22-20(23-14-17(26)15-6-3-4-7-16(15)21)25-11-9-24(10-12-25)19(27)18-8-5-13-28-18/h3-8,13,17,26H,2,9-12,14H2,1H3,(H,22,23). The van der Waals surface area contributed by atoms with E-state index in [1.165, 1.54) is 6.26 Å². The molecule has 3 rings (SSSR count). The number of rotatable bonds is 5. The quantitative estimate of drug-likeness (QED) is 0.590. The number of benzene rings is 1. The molecule has 150 valence electrons. The lowest BCUT2D eigenvalue weighted by Gasteiger charge is -2.36. The largest absolute Gasteiger partial charge is 0.459 e. The van der Waals surface area contributed by atoms with E-state index >= 15 is 0 Å². The fourth-order valence-electron chi connectivity index (χ4n) is 3.12. The van der Waals surface area contributed by atoms with Crippen molar-refractivity contribution in [1.82, 2.24) is 15.1 Å². The van der Waals surface area contributed by atoms with E-state index in [1.807, 2.05) is 19.1 Å². The molecule has 1 aromatic carbocycles. The summed E-state index contributed by atoms with van der Waals surface area (Å²) >= 11 is 6.15. The maximum Gasteiger partial charge on any atom is 0.289 e. The second kappa shape index (κ2) is 9.61. The van der Waals surface area contributed by atoms with Gasteiger partial charge in [-0.05, 0) is 25.1 Å². The monoisotopic (exact) mass is 404 g/mol. The summed E-state index contributed by atoms with van der Waals surface area (Å²) in [6.07, 6.45) is 0.730. The van der Waals surface area contributed by atoms with Crippen LogP contribution in [0.25, 0.3) is 0 Å². The van der Waals surface area contributed by atoms with Gasteiger partial charge >= 0.3 is 0 Å². The molecule has 0 bridgehead atoms. The molecule has 1 aliphatic rings. The zero-order valence-corrected chi connectivity index (χ0v) is 16.6. The molecule has 0 radical (unpaired) electrons. The van der Waals surface area contributed by atoms with Crippen molar-refractivity contribution in [2.45, 2.75) is 13.0 Å². The van der Waals surface area contributed by atoms with Crippen LogP contribution in [0.5, 0.6) is 0 Å². The summed E-state index contributed by atoms with van der Waals surface area (Å²) in [6.45, 7) is 5.38. The van der Waals surface area contributed by atoms with Crippen LogP contribution < -0.4 is 5.32 Å². The number of guanidine groups is 1. The summed E-state index contributed by atoms with van der Waals surface area (Å²) in [7, 11) is 0. The summed E-state index contributed by atoms with van der Waals surface area (Å²) in [5.41, 5.74) is 0.664. The van der Waals surface area contributed by atoms with Crippen molar-refractivity contribution in [3.8, 4) is 0 Å². The van der Waals surface area contributed by atoms with E-state index < -0.39 is 6.10 Å². The van der Waals surface area contributed by atoms with Gasteiger partial charge in [0.05, 0.1) is 12.8 Å². The van der Waals surface area contributed by atoms with Crippen LogP contribution in [0, 0.1) is 0 Å². The number of aliphatic hydroxyl groups excluding tert-OH is 1. The van der Waals surface area contributed by atoms with Gasteiger partial charge in [0.15, 0.2) is 11.7 Å². The molecule has 1 saturated heterocycles. The molecule has 1 unspecified atom stereocenters. The maximum absolute atomic E-state index is 12.4. The lowest BCUT2D eigenvalue weighted by atomic mass is 10.1. The number of hydrogen-bond donors (Lipinski definition) is 2. The van der Waals surface area contributed by atoms with E-state index in [1.54, 1.807) is 29.2 Å². The molecular weight excluding hydrogens is 380 g/mol. The topological polar surface area (TPSA) is 81.3 Å². The van der Waals surface area contributed by atoms with Crippen molar-refractivity contribution in [2.75, 3.05) is 39.3 Å². The molecule has 1 fully saturated rings. The molecule has 2 N–H and O–H groups in total. The first-order valence-corrected chi connectivity index (χ1v) is 9.76. The van der Waals surface area contributed by atoms with Gasteiger partial charge in [-0.15, -0.1) is 0 Å². The van der Waals surface area contributed by atoms with Gasteiger partial charge in [0.1, 0.15) is 6.10 Å². The van der Waals surface area contributed by atoms with Crippen LogP contribution in [-0.4, -0.2) is 66.0 Å². The number of carbonyl (C=O) groups is 1. The minimum Gasteiger partial charge on any atom is -0.459 e. The minimum atomic E-state index is -0.774. The Kier molecular flexibility index (Phi) is 6.95. The molecule has 0 spiro atoms. The fraction of sp³-hybridized carbons (Fsp3) is 0.400. The van der Waals surface area contributed by atoms with Crippen LogP contribution in [0.2, 0.25) is 5.02 Å². The van der Waals surface area contributed by atoms with Gasteiger partial charge in [-0.3, -0.25) is 9.79 Å². The highest BCUT2D eigenvalue weighted by Crippen LogP contribution is 2.22. The second-order valence-corrected chi connectivity index (χ2v) is 6.90. The van der Waals surface area contributed by atoms with Gasteiger partial charge in [-0.1, -0.05) is 29.8 Å². The molecule has 1 aromatic heterocycles. The summed E-state index contributed by atoms with van der Waals surface area (Å²) < 4.78 is 5.20. The predicted octanol–water partition coefficient (Wildman–Crippen LogP) is 2.39. The second-order valence-electron chi connectivity index (χ2n) is 6.49. The Morgan fingerprint density at radius 2 is 1.93 bits per heavy atom. The van der Waals surface area contributed by atoms with Crippen LogP contribution in [0.15, 0.2) is 52.1 Å². The highest BCUT2D eigenvalue weighted by atomic mass is 35.5. The van der Waals surface area contributed by atoms with Crippen molar-refractivity contribution < 1.29 is 14.3 Å². The molecular formula is C20H25ClN4O3. The summed E-state index contributed by atoms with van der Waals surface area (Å²) in [5.74, 6) is 0.983. The molecule has 2 aromatic rings. The Labute approximate surface area is 169 Å². The molecule has 0 saturated carbocycles. The Bertz CT molecular complexity index is 802. The normalized spacial score (nSPS) is 16.2. The summed E-state index contributed by atoms with van der Waals surface area (Å²) in [5, 5.41) is 14.2. The number of aliphatic hydroxyl groups is 1. The molecule has 2 heterocycles. The zero-order chi connectivity index (χ0) is 19.9. The SMILES string of the molecule is CCNC(=NCC(O)c1ccccc1Cl)N1CCN(C(=O)c2ccco2)CC1. The van der Waals surface area contributed by atoms with Gasteiger partial charge in [0.25, 0.3) is 5.91 Å². The number of furan rings is 1. The van der Waals surface area contributed by atoms with Crippen LogP contribution in [0.3, 0.4) is 0 Å². The number of nitrogens with zero attached hydrogens (tertiary/aromatic N) is 3. The van der Waals surface area contributed by atoms with Gasteiger partial charge in [-0.2, -0.15) is 0 Å². The van der Waals surface area contributed by atoms with Gasteiger partial charge < -0.3 is 24.6 Å². The number of aliphatic imine (C=N–C) groups is 1. The van der Waals surface area contributed by atoms with Gasteiger partial charge in [0, 0.05) is 43.3 Å². The third-order valence-electron chi connectivity index (χ3n) is 4.61. The van der Waals surface area contributed by atoms with E-state index in [0.717, 1.165) is 5.96 Å². The van der Waals surface area contributed by atoms with Crippen molar-refractivity contribution in [3.05, 3.63) is 59.0 Å². The van der Waals surface area contributed by atoms with E-state index in [-0.39, 0.29) is 12.5 Å². The number of carbonyl (C=O) groups excluding carboxylic acids is 1. The lowest BCUT2D eigenvalue weighted by molar-refractivity contribution is 0.0657. The van der Waals surface area contributed by atoms with Crippen molar-refractivity contribution in [3.63, 3.8) is 0 Å². The number of nitrogens with one attached hydrogen (secondary N) is 1. The zero-order valence-electron chi connectivity index (χ0n) is 15.8. The fourth-order valence-corrected chi connectivity index (χ4v) is 3.38. The molecule has 1 aliphatic heterocycles. The average molecular weight is 405 g/mol. The van der Waals surface area contributed by atoms with E-state index in [2.05, 4.69) is 15.2 Å². The Hall–Kier alpha value is -2.51. The first kappa shape index (κ1) is 20.2. The van der Waals surface area contributed by atoms with Crippen molar-refractivity contribution in [2.24, 2.45) is 4.99 Å². The number of halogens is 1. The third-order valence-corrected chi connectivity index (χ3v) is 4.96. The van der Waals surface area contributed by atoms with Gasteiger partial charge in [-0.25, -0.2) is 0 Å². The Morgan fingerprint density at radius 3 is 2.57 bits per heavy atom. The molecule has 1 atom stereocenters. The van der Waals surface area contributed by atoms with Gasteiger partial charge in [0.2, 0.25) is 0 Å². The molecule has 1 amide bonds. The predicted molar refractivity (Wildman–Crippen MR) is 109 cm³/mol. The smallest absolute Gasteiger partial charge is 0.289 e. The molecule has 7 nitrogen and oxygen atoms in total.